The van der Waals surface area contributed by atoms with Crippen molar-refractivity contribution >= 4 is 21.4 Å². The molecule has 0 heterocycles. The third kappa shape index (κ3) is 4.26. The second-order valence-corrected chi connectivity index (χ2v) is 6.36. The molecule has 0 aliphatic heterocycles. The predicted molar refractivity (Wildman–Crippen MR) is 72.4 cm³/mol. The molecule has 0 aliphatic rings. The van der Waals surface area contributed by atoms with Crippen LogP contribution in [0.1, 0.15) is 25.8 Å². The molecule has 1 aromatic carbocycles. The zero-order chi connectivity index (χ0) is 13.8. The minimum absolute atomic E-state index is 0.0416. The lowest BCUT2D eigenvalue weighted by molar-refractivity contribution is 0.578. The molecule has 18 heavy (non-hydrogen) atoms. The number of hydrogen-bond acceptors (Lipinski definition) is 4. The summed E-state index contributed by atoms with van der Waals surface area (Å²) in [5, 5.41) is 8.92. The molecule has 0 radical (unpaired) electrons. The Morgan fingerprint density at radius 3 is 2.67 bits per heavy atom. The first-order chi connectivity index (χ1) is 8.34. The molecule has 1 rings (SSSR count). The first kappa shape index (κ1) is 14.3. The van der Waals surface area contributed by atoms with Gasteiger partial charge in [-0.05, 0) is 30.5 Å². The SMILES string of the molecule is CC(C)CCS(=O)(=O)Nc1ccc(N)cc1C#N. The van der Waals surface area contributed by atoms with Crippen molar-refractivity contribution in [2.45, 2.75) is 20.3 Å². The van der Waals surface area contributed by atoms with Gasteiger partial charge in [0, 0.05) is 5.69 Å². The number of nitrogens with zero attached hydrogens (tertiary/aromatic N) is 1. The topological polar surface area (TPSA) is 96.0 Å². The van der Waals surface area contributed by atoms with E-state index in [9.17, 15) is 8.42 Å². The van der Waals surface area contributed by atoms with Crippen molar-refractivity contribution in [1.29, 1.82) is 5.26 Å². The number of rotatable bonds is 5. The Kier molecular flexibility index (Phi) is 4.56. The molecule has 0 saturated carbocycles. The Balaban J connectivity index is 2.88. The van der Waals surface area contributed by atoms with Gasteiger partial charge < -0.3 is 5.73 Å². The molecule has 98 valence electrons. The molecule has 0 unspecified atom stereocenters. The van der Waals surface area contributed by atoms with Crippen LogP contribution < -0.4 is 10.5 Å². The summed E-state index contributed by atoms with van der Waals surface area (Å²) < 4.78 is 26.0. The fourth-order valence-corrected chi connectivity index (χ4v) is 2.75. The summed E-state index contributed by atoms with van der Waals surface area (Å²) in [7, 11) is -3.42. The molecule has 3 N–H and O–H groups in total. The smallest absolute Gasteiger partial charge is 0.232 e. The number of nitrogen functional groups attached to an aromatic ring is 1. The number of nitriles is 1. The molecule has 0 aliphatic carbocycles. The van der Waals surface area contributed by atoms with Gasteiger partial charge in [-0.3, -0.25) is 4.72 Å². The lowest BCUT2D eigenvalue weighted by Crippen LogP contribution is -2.18. The van der Waals surface area contributed by atoms with Crippen molar-refractivity contribution in [2.24, 2.45) is 5.92 Å². The number of nitrogens with one attached hydrogen (secondary N) is 1. The van der Waals surface area contributed by atoms with E-state index in [-0.39, 0.29) is 17.0 Å². The zero-order valence-corrected chi connectivity index (χ0v) is 11.3. The number of benzene rings is 1. The van der Waals surface area contributed by atoms with Crippen molar-refractivity contribution in [3.8, 4) is 6.07 Å². The van der Waals surface area contributed by atoms with Gasteiger partial charge in [0.1, 0.15) is 6.07 Å². The number of anilines is 2. The Labute approximate surface area is 108 Å². The van der Waals surface area contributed by atoms with E-state index < -0.39 is 10.0 Å². The van der Waals surface area contributed by atoms with Crippen molar-refractivity contribution in [2.75, 3.05) is 16.2 Å². The molecular weight excluding hydrogens is 250 g/mol. The molecule has 0 amide bonds. The van der Waals surface area contributed by atoms with Gasteiger partial charge in [0.2, 0.25) is 10.0 Å². The lowest BCUT2D eigenvalue weighted by Gasteiger charge is -2.10. The quantitative estimate of drug-likeness (QED) is 0.797. The van der Waals surface area contributed by atoms with E-state index in [4.69, 9.17) is 11.0 Å². The van der Waals surface area contributed by atoms with E-state index in [1.807, 2.05) is 19.9 Å². The normalized spacial score (nSPS) is 11.2. The summed E-state index contributed by atoms with van der Waals surface area (Å²) in [5.41, 5.74) is 6.46. The molecule has 5 nitrogen and oxygen atoms in total. The standard InChI is InChI=1S/C12H17N3O2S/c1-9(2)5-6-18(16,17)15-12-4-3-11(14)7-10(12)8-13/h3-4,7,9,15H,5-6,14H2,1-2H3. The van der Waals surface area contributed by atoms with E-state index in [1.54, 1.807) is 6.07 Å². The minimum Gasteiger partial charge on any atom is -0.399 e. The minimum atomic E-state index is -3.42. The summed E-state index contributed by atoms with van der Waals surface area (Å²) in [6.45, 7) is 3.92. The molecular formula is C12H17N3O2S. The molecule has 6 heteroatoms. The predicted octanol–water partition coefficient (Wildman–Crippen LogP) is 1.93. The van der Waals surface area contributed by atoms with Gasteiger partial charge in [0.05, 0.1) is 17.0 Å². The summed E-state index contributed by atoms with van der Waals surface area (Å²) in [5.74, 6) is 0.350. The number of nitrogens with two attached hydrogens (primary N) is 1. The van der Waals surface area contributed by atoms with Gasteiger partial charge in [-0.25, -0.2) is 8.42 Å². The van der Waals surface area contributed by atoms with Crippen LogP contribution in [0, 0.1) is 17.2 Å². The van der Waals surface area contributed by atoms with Crippen LogP contribution in [0.25, 0.3) is 0 Å². The largest absolute Gasteiger partial charge is 0.399 e. The van der Waals surface area contributed by atoms with E-state index in [0.29, 0.717) is 18.0 Å². The summed E-state index contributed by atoms with van der Waals surface area (Å²) in [6.07, 6.45) is 0.576. The first-order valence-corrected chi connectivity index (χ1v) is 7.29. The van der Waals surface area contributed by atoms with Crippen LogP contribution in [0.5, 0.6) is 0 Å². The highest BCUT2D eigenvalue weighted by Crippen LogP contribution is 2.19. The average Bonchev–Trinajstić information content (AvgIpc) is 2.29. The van der Waals surface area contributed by atoms with Crippen molar-refractivity contribution in [1.82, 2.24) is 0 Å². The average molecular weight is 267 g/mol. The second-order valence-electron chi connectivity index (χ2n) is 4.52. The maximum absolute atomic E-state index is 11.8. The van der Waals surface area contributed by atoms with Gasteiger partial charge in [0.15, 0.2) is 0 Å². The van der Waals surface area contributed by atoms with Crippen molar-refractivity contribution < 1.29 is 8.42 Å². The Hall–Kier alpha value is -1.74. The summed E-state index contributed by atoms with van der Waals surface area (Å²) in [4.78, 5) is 0. The summed E-state index contributed by atoms with van der Waals surface area (Å²) in [6, 6.07) is 6.42. The van der Waals surface area contributed by atoms with Crippen LogP contribution in [0.15, 0.2) is 18.2 Å². The molecule has 0 fully saturated rings. The van der Waals surface area contributed by atoms with Crippen LogP contribution >= 0.6 is 0 Å². The molecule has 0 aromatic heterocycles. The van der Waals surface area contributed by atoms with Crippen molar-refractivity contribution in [3.63, 3.8) is 0 Å². The van der Waals surface area contributed by atoms with Crippen LogP contribution in [-0.4, -0.2) is 14.2 Å². The van der Waals surface area contributed by atoms with Crippen LogP contribution in [-0.2, 0) is 10.0 Å². The van der Waals surface area contributed by atoms with Crippen LogP contribution in [0.3, 0.4) is 0 Å². The van der Waals surface area contributed by atoms with E-state index in [0.717, 1.165) is 0 Å². The number of hydrogen-bond donors (Lipinski definition) is 2. The fourth-order valence-electron chi connectivity index (χ4n) is 1.35. The molecule has 0 spiro atoms. The van der Waals surface area contributed by atoms with E-state index in [1.165, 1.54) is 12.1 Å². The van der Waals surface area contributed by atoms with Gasteiger partial charge in [-0.1, -0.05) is 13.8 Å². The third-order valence-electron chi connectivity index (χ3n) is 2.39. The molecule has 1 aromatic rings. The van der Waals surface area contributed by atoms with E-state index in [2.05, 4.69) is 4.72 Å². The van der Waals surface area contributed by atoms with Crippen molar-refractivity contribution in [3.05, 3.63) is 23.8 Å². The molecule has 0 atom stereocenters. The molecule has 0 bridgehead atoms. The highest BCUT2D eigenvalue weighted by Gasteiger charge is 2.13. The fraction of sp³-hybridized carbons (Fsp3) is 0.417. The first-order valence-electron chi connectivity index (χ1n) is 5.64. The number of sulfonamides is 1. The van der Waals surface area contributed by atoms with Gasteiger partial charge in [-0.2, -0.15) is 5.26 Å². The highest BCUT2D eigenvalue weighted by atomic mass is 32.2. The van der Waals surface area contributed by atoms with E-state index >= 15 is 0 Å². The van der Waals surface area contributed by atoms with Gasteiger partial charge in [-0.15, -0.1) is 0 Å². The van der Waals surface area contributed by atoms with Crippen LogP contribution in [0.4, 0.5) is 11.4 Å². The van der Waals surface area contributed by atoms with Gasteiger partial charge >= 0.3 is 0 Å². The Morgan fingerprint density at radius 1 is 1.44 bits per heavy atom. The third-order valence-corrected chi connectivity index (χ3v) is 3.70. The monoisotopic (exact) mass is 267 g/mol. The van der Waals surface area contributed by atoms with Crippen LogP contribution in [0.2, 0.25) is 0 Å². The zero-order valence-electron chi connectivity index (χ0n) is 10.5. The Morgan fingerprint density at radius 2 is 2.11 bits per heavy atom. The summed E-state index contributed by atoms with van der Waals surface area (Å²) >= 11 is 0. The van der Waals surface area contributed by atoms with Gasteiger partial charge in [0.25, 0.3) is 0 Å². The molecule has 0 saturated heterocycles. The Bertz CT molecular complexity index is 559. The lowest BCUT2D eigenvalue weighted by atomic mass is 10.2. The highest BCUT2D eigenvalue weighted by molar-refractivity contribution is 7.92. The maximum atomic E-state index is 11.8. The second kappa shape index (κ2) is 5.74. The maximum Gasteiger partial charge on any atom is 0.232 e.